The SMILES string of the molecule is CC1=CC(=O)[C@@H](C(=O)/C=C/c2cnn(C)c2)C(=O)O1. The summed E-state index contributed by atoms with van der Waals surface area (Å²) < 4.78 is 6.36. The highest BCUT2D eigenvalue weighted by Gasteiger charge is 2.36. The molecule has 1 aromatic rings. The molecule has 0 spiro atoms. The Kier molecular flexibility index (Phi) is 3.41. The third-order valence-corrected chi connectivity index (χ3v) is 2.58. The molecule has 0 saturated carbocycles. The normalized spacial score (nSPS) is 19.5. The van der Waals surface area contributed by atoms with E-state index in [4.69, 9.17) is 4.74 Å². The lowest BCUT2D eigenvalue weighted by Crippen LogP contribution is -2.34. The van der Waals surface area contributed by atoms with Crippen molar-refractivity contribution >= 4 is 23.6 Å². The summed E-state index contributed by atoms with van der Waals surface area (Å²) >= 11 is 0. The van der Waals surface area contributed by atoms with Crippen molar-refractivity contribution in [2.24, 2.45) is 13.0 Å². The van der Waals surface area contributed by atoms with Gasteiger partial charge in [-0.05, 0) is 19.1 Å². The third-order valence-electron chi connectivity index (χ3n) is 2.58. The Morgan fingerprint density at radius 2 is 2.21 bits per heavy atom. The van der Waals surface area contributed by atoms with Crippen LogP contribution >= 0.6 is 0 Å². The minimum Gasteiger partial charge on any atom is -0.430 e. The molecule has 98 valence electrons. The zero-order valence-electron chi connectivity index (χ0n) is 10.5. The van der Waals surface area contributed by atoms with Gasteiger partial charge in [0, 0.05) is 24.9 Å². The van der Waals surface area contributed by atoms with Crippen LogP contribution in [0.15, 0.2) is 30.3 Å². The fraction of sp³-hybridized carbons (Fsp3) is 0.231. The van der Waals surface area contributed by atoms with Gasteiger partial charge in [0.05, 0.1) is 6.20 Å². The second kappa shape index (κ2) is 5.01. The van der Waals surface area contributed by atoms with E-state index in [0.717, 1.165) is 6.08 Å². The Balaban J connectivity index is 2.14. The van der Waals surface area contributed by atoms with Crippen molar-refractivity contribution in [2.75, 3.05) is 0 Å². The number of nitrogens with zero attached hydrogens (tertiary/aromatic N) is 2. The average molecular weight is 260 g/mol. The second-order valence-corrected chi connectivity index (χ2v) is 4.19. The van der Waals surface area contributed by atoms with Crippen molar-refractivity contribution in [1.82, 2.24) is 9.78 Å². The molecule has 2 heterocycles. The molecule has 0 aromatic carbocycles. The summed E-state index contributed by atoms with van der Waals surface area (Å²) in [6.45, 7) is 1.49. The summed E-state index contributed by atoms with van der Waals surface area (Å²) in [6, 6.07) is 0. The maximum absolute atomic E-state index is 11.8. The highest BCUT2D eigenvalue weighted by atomic mass is 16.5. The lowest BCUT2D eigenvalue weighted by molar-refractivity contribution is -0.151. The molecule has 0 N–H and O–H groups in total. The topological polar surface area (TPSA) is 78.3 Å². The molecule has 1 atom stereocenters. The minimum atomic E-state index is -1.39. The molecular weight excluding hydrogens is 248 g/mol. The Labute approximate surface area is 109 Å². The molecule has 0 fully saturated rings. The molecule has 0 radical (unpaired) electrons. The van der Waals surface area contributed by atoms with Gasteiger partial charge in [0.1, 0.15) is 5.76 Å². The van der Waals surface area contributed by atoms with Crippen molar-refractivity contribution in [2.45, 2.75) is 6.92 Å². The molecule has 1 aliphatic rings. The average Bonchev–Trinajstić information content (AvgIpc) is 2.71. The zero-order chi connectivity index (χ0) is 14.0. The first-order valence-corrected chi connectivity index (χ1v) is 5.62. The number of ketones is 2. The zero-order valence-corrected chi connectivity index (χ0v) is 10.5. The molecule has 0 amide bonds. The molecule has 2 rings (SSSR count). The number of allylic oxidation sites excluding steroid dienone is 3. The first-order valence-electron chi connectivity index (χ1n) is 5.62. The smallest absolute Gasteiger partial charge is 0.329 e. The standard InChI is InChI=1S/C13H12N2O4/c1-8-5-11(17)12(13(18)19-8)10(16)4-3-9-6-14-15(2)7-9/h3-7,12H,1-2H3/b4-3+/t12-/m1/s1. The van der Waals surface area contributed by atoms with E-state index in [9.17, 15) is 14.4 Å². The highest BCUT2D eigenvalue weighted by Crippen LogP contribution is 2.16. The minimum absolute atomic E-state index is 0.204. The fourth-order valence-corrected chi connectivity index (χ4v) is 1.70. The molecular formula is C13H12N2O4. The van der Waals surface area contributed by atoms with Crippen molar-refractivity contribution in [3.8, 4) is 0 Å². The number of esters is 1. The van der Waals surface area contributed by atoms with Gasteiger partial charge in [-0.2, -0.15) is 5.10 Å². The third kappa shape index (κ3) is 2.85. The maximum atomic E-state index is 11.8. The van der Waals surface area contributed by atoms with Gasteiger partial charge in [0.15, 0.2) is 17.5 Å². The quantitative estimate of drug-likeness (QED) is 0.453. The molecule has 1 aliphatic heterocycles. The van der Waals surface area contributed by atoms with Crippen LogP contribution in [-0.4, -0.2) is 27.3 Å². The molecule has 0 unspecified atom stereocenters. The molecule has 0 saturated heterocycles. The van der Waals surface area contributed by atoms with Gasteiger partial charge >= 0.3 is 5.97 Å². The fourth-order valence-electron chi connectivity index (χ4n) is 1.70. The van der Waals surface area contributed by atoms with Crippen LogP contribution in [-0.2, 0) is 26.2 Å². The summed E-state index contributed by atoms with van der Waals surface area (Å²) in [4.78, 5) is 35.0. The monoisotopic (exact) mass is 260 g/mol. The summed E-state index contributed by atoms with van der Waals surface area (Å²) in [5.41, 5.74) is 0.708. The van der Waals surface area contributed by atoms with E-state index >= 15 is 0 Å². The van der Waals surface area contributed by atoms with E-state index in [2.05, 4.69) is 5.10 Å². The van der Waals surface area contributed by atoms with Crippen molar-refractivity contribution in [3.05, 3.63) is 35.9 Å². The van der Waals surface area contributed by atoms with E-state index in [1.54, 1.807) is 24.1 Å². The predicted molar refractivity (Wildman–Crippen MR) is 65.6 cm³/mol. The van der Waals surface area contributed by atoms with Gasteiger partial charge in [-0.15, -0.1) is 0 Å². The second-order valence-electron chi connectivity index (χ2n) is 4.19. The largest absolute Gasteiger partial charge is 0.430 e. The molecule has 0 aliphatic carbocycles. The summed E-state index contributed by atoms with van der Waals surface area (Å²) in [6.07, 6.45) is 7.11. The number of ether oxygens (including phenoxy) is 1. The van der Waals surface area contributed by atoms with Crippen LogP contribution < -0.4 is 0 Å². The van der Waals surface area contributed by atoms with Gasteiger partial charge in [-0.3, -0.25) is 19.1 Å². The van der Waals surface area contributed by atoms with E-state index < -0.39 is 23.5 Å². The number of carbonyl (C=O) groups is 3. The van der Waals surface area contributed by atoms with E-state index in [-0.39, 0.29) is 5.76 Å². The molecule has 6 nitrogen and oxygen atoms in total. The number of hydrogen-bond donors (Lipinski definition) is 0. The lowest BCUT2D eigenvalue weighted by atomic mass is 9.96. The first kappa shape index (κ1) is 12.9. The van der Waals surface area contributed by atoms with Crippen molar-refractivity contribution in [1.29, 1.82) is 0 Å². The van der Waals surface area contributed by atoms with E-state index in [1.807, 2.05) is 0 Å². The highest BCUT2D eigenvalue weighted by molar-refractivity contribution is 6.25. The molecule has 6 heteroatoms. The van der Waals surface area contributed by atoms with E-state index in [0.29, 0.717) is 5.56 Å². The Morgan fingerprint density at radius 1 is 1.47 bits per heavy atom. The Bertz CT molecular complexity index is 610. The Morgan fingerprint density at radius 3 is 2.79 bits per heavy atom. The van der Waals surface area contributed by atoms with Crippen LogP contribution in [0.4, 0.5) is 0 Å². The number of rotatable bonds is 3. The predicted octanol–water partition coefficient (Wildman–Crippen LogP) is 0.648. The summed E-state index contributed by atoms with van der Waals surface area (Å²) in [7, 11) is 1.74. The number of aromatic nitrogens is 2. The van der Waals surface area contributed by atoms with Crippen LogP contribution in [0.25, 0.3) is 6.08 Å². The van der Waals surface area contributed by atoms with Crippen LogP contribution in [0.1, 0.15) is 12.5 Å². The first-order chi connectivity index (χ1) is 8.97. The van der Waals surface area contributed by atoms with Crippen LogP contribution in [0.5, 0.6) is 0 Å². The Hall–Kier alpha value is -2.50. The van der Waals surface area contributed by atoms with Gasteiger partial charge < -0.3 is 4.74 Å². The van der Waals surface area contributed by atoms with Crippen molar-refractivity contribution in [3.63, 3.8) is 0 Å². The summed E-state index contributed by atoms with van der Waals surface area (Å²) in [5, 5.41) is 3.93. The number of aryl methyl sites for hydroxylation is 1. The van der Waals surface area contributed by atoms with Crippen LogP contribution in [0.2, 0.25) is 0 Å². The van der Waals surface area contributed by atoms with Crippen LogP contribution in [0, 0.1) is 5.92 Å². The molecule has 0 bridgehead atoms. The van der Waals surface area contributed by atoms with Gasteiger partial charge in [-0.25, -0.2) is 0 Å². The van der Waals surface area contributed by atoms with Crippen LogP contribution in [0.3, 0.4) is 0 Å². The molecule has 19 heavy (non-hydrogen) atoms. The van der Waals surface area contributed by atoms with Crippen molar-refractivity contribution < 1.29 is 19.1 Å². The van der Waals surface area contributed by atoms with Gasteiger partial charge in [-0.1, -0.05) is 0 Å². The maximum Gasteiger partial charge on any atom is 0.329 e. The lowest BCUT2D eigenvalue weighted by Gasteiger charge is -2.15. The number of hydrogen-bond acceptors (Lipinski definition) is 5. The van der Waals surface area contributed by atoms with Gasteiger partial charge in [0.25, 0.3) is 0 Å². The van der Waals surface area contributed by atoms with E-state index in [1.165, 1.54) is 19.1 Å². The van der Waals surface area contributed by atoms with Gasteiger partial charge in [0.2, 0.25) is 0 Å². The number of carbonyl (C=O) groups excluding carboxylic acids is 3. The molecule has 1 aromatic heterocycles. The summed E-state index contributed by atoms with van der Waals surface area (Å²) in [5.74, 6) is -3.16. The number of cyclic esters (lactones) is 1.